The highest BCUT2D eigenvalue weighted by Gasteiger charge is 2.32. The molecule has 0 unspecified atom stereocenters. The van der Waals surface area contributed by atoms with Crippen LogP contribution in [0, 0.1) is 17.8 Å². The van der Waals surface area contributed by atoms with Crippen LogP contribution < -0.4 is 10.2 Å². The van der Waals surface area contributed by atoms with E-state index in [9.17, 15) is 19.1 Å². The van der Waals surface area contributed by atoms with Crippen molar-refractivity contribution >= 4 is 17.6 Å². The molecule has 1 aliphatic carbocycles. The third kappa shape index (κ3) is 4.86. The molecule has 5 rings (SSSR count). The van der Waals surface area contributed by atoms with Gasteiger partial charge >= 0.3 is 6.03 Å². The van der Waals surface area contributed by atoms with Crippen molar-refractivity contribution < 1.29 is 19.1 Å². The number of benzene rings is 1. The van der Waals surface area contributed by atoms with Crippen molar-refractivity contribution in [2.45, 2.75) is 50.2 Å². The van der Waals surface area contributed by atoms with Crippen LogP contribution in [-0.2, 0) is 17.6 Å². The van der Waals surface area contributed by atoms with Gasteiger partial charge in [-0.1, -0.05) is 24.0 Å². The molecule has 1 saturated carbocycles. The van der Waals surface area contributed by atoms with Crippen molar-refractivity contribution in [2.75, 3.05) is 11.9 Å². The number of aryl methyl sites for hydroxylation is 1. The predicted molar refractivity (Wildman–Crippen MR) is 131 cm³/mol. The van der Waals surface area contributed by atoms with Crippen LogP contribution in [0.3, 0.4) is 0 Å². The Hall–Kier alpha value is -4.03. The molecule has 2 aromatic heterocycles. The van der Waals surface area contributed by atoms with Gasteiger partial charge in [-0.25, -0.2) is 9.78 Å². The van der Waals surface area contributed by atoms with E-state index in [2.05, 4.69) is 27.2 Å². The molecule has 0 saturated heterocycles. The fourth-order valence-electron chi connectivity index (χ4n) is 4.45. The van der Waals surface area contributed by atoms with E-state index in [4.69, 9.17) is 0 Å². The van der Waals surface area contributed by atoms with Gasteiger partial charge in [-0.15, -0.1) is 0 Å². The first-order valence-electron chi connectivity index (χ1n) is 11.9. The number of likely N-dealkylation sites (N-methyl/N-ethyl adjacent to an activating group) is 1. The van der Waals surface area contributed by atoms with Gasteiger partial charge in [0, 0.05) is 42.7 Å². The number of pyridine rings is 1. The zero-order valence-electron chi connectivity index (χ0n) is 19.9. The van der Waals surface area contributed by atoms with Crippen LogP contribution in [0.15, 0.2) is 48.9 Å². The number of halogens is 1. The highest BCUT2D eigenvalue weighted by atomic mass is 19.1. The lowest BCUT2D eigenvalue weighted by Gasteiger charge is -2.30. The van der Waals surface area contributed by atoms with E-state index in [1.54, 1.807) is 19.2 Å². The molecule has 2 N–H and O–H groups in total. The van der Waals surface area contributed by atoms with Crippen LogP contribution in [0.2, 0.25) is 0 Å². The summed E-state index contributed by atoms with van der Waals surface area (Å²) in [6.45, 7) is 0. The maximum absolute atomic E-state index is 13.8. The molecule has 0 spiro atoms. The van der Waals surface area contributed by atoms with E-state index >= 15 is 0 Å². The van der Waals surface area contributed by atoms with Crippen molar-refractivity contribution in [2.24, 2.45) is 0 Å². The summed E-state index contributed by atoms with van der Waals surface area (Å²) in [5.74, 6) is 5.18. The molecule has 0 bridgehead atoms. The van der Waals surface area contributed by atoms with E-state index in [1.165, 1.54) is 23.5 Å². The fraction of sp³-hybridized carbons (Fsp3) is 0.333. The average molecular weight is 488 g/mol. The smallest absolute Gasteiger partial charge is 0.342 e. The summed E-state index contributed by atoms with van der Waals surface area (Å²) in [5.41, 5.74) is 2.60. The highest BCUT2D eigenvalue weighted by molar-refractivity contribution is 6.00. The molecular weight excluding hydrogens is 461 g/mol. The van der Waals surface area contributed by atoms with Crippen LogP contribution in [0.4, 0.5) is 14.9 Å². The molecule has 2 aliphatic rings. The lowest BCUT2D eigenvalue weighted by molar-refractivity contribution is -0.120. The minimum atomic E-state index is -0.900. The number of fused-ring (bicyclic) bond motifs is 1. The highest BCUT2D eigenvalue weighted by Crippen LogP contribution is 2.31. The van der Waals surface area contributed by atoms with E-state index in [1.807, 2.05) is 18.2 Å². The lowest BCUT2D eigenvalue weighted by atomic mass is 9.81. The average Bonchev–Trinajstić information content (AvgIpc) is 3.29. The first-order valence-corrected chi connectivity index (χ1v) is 11.9. The Morgan fingerprint density at radius 1 is 1.33 bits per heavy atom. The number of amides is 2. The number of nitrogens with one attached hydrogen (secondary N) is 1. The third-order valence-electron chi connectivity index (χ3n) is 6.77. The molecule has 9 heteroatoms. The molecule has 3 aromatic rings. The van der Waals surface area contributed by atoms with Crippen molar-refractivity contribution in [3.63, 3.8) is 0 Å². The molecule has 1 aromatic carbocycles. The summed E-state index contributed by atoms with van der Waals surface area (Å²) in [6, 6.07) is 7.69. The van der Waals surface area contributed by atoms with Crippen LogP contribution in [-0.4, -0.2) is 50.5 Å². The number of carbonyl (C=O) groups is 2. The number of rotatable bonds is 3. The van der Waals surface area contributed by atoms with Gasteiger partial charge < -0.3 is 15.3 Å². The zero-order valence-corrected chi connectivity index (χ0v) is 19.9. The van der Waals surface area contributed by atoms with Crippen molar-refractivity contribution in [1.82, 2.24) is 20.1 Å². The molecule has 1 aliphatic heterocycles. The van der Waals surface area contributed by atoms with Gasteiger partial charge in [0.25, 0.3) is 0 Å². The summed E-state index contributed by atoms with van der Waals surface area (Å²) in [5, 5.41) is 17.1. The molecule has 8 nitrogen and oxygen atoms in total. The van der Waals surface area contributed by atoms with Crippen LogP contribution in [0.5, 0.6) is 0 Å². The Morgan fingerprint density at radius 2 is 2.17 bits per heavy atom. The molecule has 184 valence electrons. The SMILES string of the molecule is CN1C(=O)[C@H](NC(=O)n2cc(Cc3cccnc3F)cn2)CCc2ccc(C#CC3(O)CCC3)cc21. The first-order chi connectivity index (χ1) is 17.3. The number of nitrogens with zero attached hydrogens (tertiary/aromatic N) is 4. The van der Waals surface area contributed by atoms with Gasteiger partial charge in [0.2, 0.25) is 11.9 Å². The number of aliphatic hydroxyl groups is 1. The Morgan fingerprint density at radius 3 is 2.92 bits per heavy atom. The molecular formula is C27H26FN5O3. The van der Waals surface area contributed by atoms with Gasteiger partial charge in [-0.2, -0.15) is 14.2 Å². The summed E-state index contributed by atoms with van der Waals surface area (Å²) in [4.78, 5) is 31.2. The van der Waals surface area contributed by atoms with Gasteiger partial charge in [0.15, 0.2) is 0 Å². The van der Waals surface area contributed by atoms with Gasteiger partial charge in [0.1, 0.15) is 11.6 Å². The molecule has 1 fully saturated rings. The van der Waals surface area contributed by atoms with Gasteiger partial charge in [-0.3, -0.25) is 4.79 Å². The quantitative estimate of drug-likeness (QED) is 0.437. The number of anilines is 1. The predicted octanol–water partition coefficient (Wildman–Crippen LogP) is 2.81. The van der Waals surface area contributed by atoms with Crippen LogP contribution in [0.25, 0.3) is 0 Å². The van der Waals surface area contributed by atoms with Crippen molar-refractivity contribution in [1.29, 1.82) is 0 Å². The Balaban J connectivity index is 1.27. The minimum absolute atomic E-state index is 0.241. The van der Waals surface area contributed by atoms with Crippen molar-refractivity contribution in [3.05, 3.63) is 77.1 Å². The van der Waals surface area contributed by atoms with E-state index in [0.29, 0.717) is 36.8 Å². The Bertz CT molecular complexity index is 1390. The van der Waals surface area contributed by atoms with Gasteiger partial charge in [0.05, 0.1) is 6.20 Å². The van der Waals surface area contributed by atoms with E-state index in [-0.39, 0.29) is 12.3 Å². The van der Waals surface area contributed by atoms with Crippen molar-refractivity contribution in [3.8, 4) is 11.8 Å². The second-order valence-corrected chi connectivity index (χ2v) is 9.34. The Labute approximate surface area is 208 Å². The molecule has 1 atom stereocenters. The van der Waals surface area contributed by atoms with E-state index in [0.717, 1.165) is 27.9 Å². The molecule has 2 amide bonds. The topological polar surface area (TPSA) is 100 Å². The van der Waals surface area contributed by atoms with Crippen LogP contribution >= 0.6 is 0 Å². The normalized spacial score (nSPS) is 18.4. The Kier molecular flexibility index (Phi) is 6.29. The lowest BCUT2D eigenvalue weighted by Crippen LogP contribution is -2.48. The second kappa shape index (κ2) is 9.55. The maximum Gasteiger partial charge on any atom is 0.342 e. The van der Waals surface area contributed by atoms with Crippen LogP contribution in [0.1, 0.15) is 47.9 Å². The van der Waals surface area contributed by atoms with Gasteiger partial charge in [-0.05, 0) is 61.4 Å². The monoisotopic (exact) mass is 487 g/mol. The number of hydrogen-bond donors (Lipinski definition) is 2. The third-order valence-corrected chi connectivity index (χ3v) is 6.77. The first kappa shape index (κ1) is 23.7. The van der Waals surface area contributed by atoms with E-state index < -0.39 is 23.6 Å². The summed E-state index contributed by atoms with van der Waals surface area (Å²) in [7, 11) is 1.68. The molecule has 3 heterocycles. The fourth-order valence-corrected chi connectivity index (χ4v) is 4.45. The number of carbonyl (C=O) groups excluding carboxylic acids is 2. The minimum Gasteiger partial charge on any atom is -0.378 e. The largest absolute Gasteiger partial charge is 0.378 e. The number of aromatic nitrogens is 3. The summed E-state index contributed by atoms with van der Waals surface area (Å²) < 4.78 is 15.0. The number of hydrogen-bond acceptors (Lipinski definition) is 5. The summed E-state index contributed by atoms with van der Waals surface area (Å²) >= 11 is 0. The second-order valence-electron chi connectivity index (χ2n) is 9.34. The standard InChI is InChI=1S/C27H26FN5O3/c1-32-23-15-18(9-12-27(36)10-3-11-27)5-6-20(23)7-8-22(25(32)34)31-26(35)33-17-19(16-30-33)14-21-4-2-13-29-24(21)28/h2,4-6,13,15-17,22,36H,3,7-8,10-11,14H2,1H3,(H,31,35)/t22-/m1/s1. The maximum atomic E-state index is 13.8. The summed E-state index contributed by atoms with van der Waals surface area (Å²) in [6.07, 6.45) is 8.00. The molecule has 36 heavy (non-hydrogen) atoms. The zero-order chi connectivity index (χ0) is 25.3. The molecule has 0 radical (unpaired) electrons.